The first-order valence-corrected chi connectivity index (χ1v) is 10.9. The van der Waals surface area contributed by atoms with E-state index in [4.69, 9.17) is 4.74 Å². The summed E-state index contributed by atoms with van der Waals surface area (Å²) in [5, 5.41) is 0. The predicted octanol–water partition coefficient (Wildman–Crippen LogP) is 7.82. The number of rotatable bonds is 10. The van der Waals surface area contributed by atoms with Gasteiger partial charge in [0.1, 0.15) is 11.6 Å². The fourth-order valence-corrected chi connectivity index (χ4v) is 3.55. The van der Waals surface area contributed by atoms with Crippen LogP contribution in [0.5, 0.6) is 5.75 Å². The first-order valence-electron chi connectivity index (χ1n) is 10.9. The maximum atomic E-state index is 14.6. The maximum Gasteiger partial charge on any atom is 0.162 e. The van der Waals surface area contributed by atoms with Gasteiger partial charge in [0.15, 0.2) is 11.6 Å². The molecule has 3 aromatic rings. The molecule has 1 nitrogen and oxygen atoms in total. The van der Waals surface area contributed by atoms with E-state index in [2.05, 4.69) is 6.92 Å². The van der Waals surface area contributed by atoms with Gasteiger partial charge in [-0.1, -0.05) is 62.6 Å². The molecule has 0 bridgehead atoms. The van der Waals surface area contributed by atoms with Crippen molar-refractivity contribution in [3.05, 3.63) is 88.7 Å². The Kier molecular flexibility index (Phi) is 8.16. The van der Waals surface area contributed by atoms with Gasteiger partial charge in [0.2, 0.25) is 0 Å². The van der Waals surface area contributed by atoms with Crippen LogP contribution in [0.4, 0.5) is 13.2 Å². The summed E-state index contributed by atoms with van der Waals surface area (Å²) in [6.45, 7) is 4.30. The molecule has 0 radical (unpaired) electrons. The van der Waals surface area contributed by atoms with Crippen molar-refractivity contribution in [3.8, 4) is 16.9 Å². The van der Waals surface area contributed by atoms with Crippen molar-refractivity contribution in [2.24, 2.45) is 0 Å². The Balaban J connectivity index is 1.60. The Morgan fingerprint density at radius 3 is 2.26 bits per heavy atom. The van der Waals surface area contributed by atoms with Crippen molar-refractivity contribution in [3.63, 3.8) is 0 Å². The molecular formula is C27H29F3O. The number of hydrogen-bond acceptors (Lipinski definition) is 1. The minimum Gasteiger partial charge on any atom is -0.493 e. The van der Waals surface area contributed by atoms with Crippen LogP contribution in [0.25, 0.3) is 11.1 Å². The lowest BCUT2D eigenvalue weighted by Crippen LogP contribution is -1.99. The minimum absolute atomic E-state index is 0.306. The lowest BCUT2D eigenvalue weighted by atomic mass is 9.99. The highest BCUT2D eigenvalue weighted by Crippen LogP contribution is 2.27. The van der Waals surface area contributed by atoms with Crippen LogP contribution in [0.15, 0.2) is 54.6 Å². The standard InChI is InChI=1S/C27H29F3O/c1-3-4-5-6-17-31-23-15-16-24(25(28)18-23)21-12-8-20(9-13-21)10-14-22-11-7-19(2)26(29)27(22)30/h7-9,11-13,15-16,18H,3-6,10,14,17H2,1-2H3. The van der Waals surface area contributed by atoms with Gasteiger partial charge in [0, 0.05) is 11.6 Å². The van der Waals surface area contributed by atoms with Crippen LogP contribution in [0.2, 0.25) is 0 Å². The van der Waals surface area contributed by atoms with Crippen molar-refractivity contribution < 1.29 is 17.9 Å². The fraction of sp³-hybridized carbons (Fsp3) is 0.333. The lowest BCUT2D eigenvalue weighted by Gasteiger charge is -2.10. The summed E-state index contributed by atoms with van der Waals surface area (Å²) in [5.74, 6) is -1.33. The Labute approximate surface area is 182 Å². The van der Waals surface area contributed by atoms with Gasteiger partial charge in [0.25, 0.3) is 0 Å². The predicted molar refractivity (Wildman–Crippen MR) is 120 cm³/mol. The Morgan fingerprint density at radius 1 is 0.774 bits per heavy atom. The van der Waals surface area contributed by atoms with Gasteiger partial charge in [-0.2, -0.15) is 0 Å². The molecule has 0 spiro atoms. The summed E-state index contributed by atoms with van der Waals surface area (Å²) >= 11 is 0. The lowest BCUT2D eigenvalue weighted by molar-refractivity contribution is 0.303. The molecule has 0 aliphatic heterocycles. The molecule has 3 aromatic carbocycles. The monoisotopic (exact) mass is 426 g/mol. The van der Waals surface area contributed by atoms with Gasteiger partial charge in [0.05, 0.1) is 6.61 Å². The van der Waals surface area contributed by atoms with E-state index in [1.165, 1.54) is 18.9 Å². The summed E-state index contributed by atoms with van der Waals surface area (Å²) in [6.07, 6.45) is 5.42. The van der Waals surface area contributed by atoms with Crippen molar-refractivity contribution in [1.82, 2.24) is 0 Å². The Hall–Kier alpha value is -2.75. The van der Waals surface area contributed by atoms with Gasteiger partial charge in [-0.05, 0) is 60.6 Å². The van der Waals surface area contributed by atoms with E-state index >= 15 is 0 Å². The zero-order valence-corrected chi connectivity index (χ0v) is 18.2. The number of aryl methyl sites for hydroxylation is 3. The van der Waals surface area contributed by atoms with E-state index in [1.54, 1.807) is 31.2 Å². The smallest absolute Gasteiger partial charge is 0.162 e. The number of halogens is 3. The average Bonchev–Trinajstić information content (AvgIpc) is 2.77. The third-order valence-electron chi connectivity index (χ3n) is 5.51. The molecule has 0 heterocycles. The molecule has 0 fully saturated rings. The third-order valence-corrected chi connectivity index (χ3v) is 5.51. The largest absolute Gasteiger partial charge is 0.493 e. The van der Waals surface area contributed by atoms with E-state index in [1.807, 2.05) is 24.3 Å². The summed E-state index contributed by atoms with van der Waals surface area (Å²) in [6, 6.07) is 15.7. The van der Waals surface area contributed by atoms with E-state index in [-0.39, 0.29) is 5.82 Å². The second-order valence-electron chi connectivity index (χ2n) is 7.92. The highest BCUT2D eigenvalue weighted by Gasteiger charge is 2.11. The zero-order valence-electron chi connectivity index (χ0n) is 18.2. The van der Waals surface area contributed by atoms with Crippen molar-refractivity contribution in [2.75, 3.05) is 6.61 Å². The van der Waals surface area contributed by atoms with E-state index < -0.39 is 11.6 Å². The number of benzene rings is 3. The summed E-state index contributed by atoms with van der Waals surface area (Å²) in [5.41, 5.74) is 2.93. The normalized spacial score (nSPS) is 11.0. The van der Waals surface area contributed by atoms with Gasteiger partial charge in [-0.3, -0.25) is 0 Å². The SMILES string of the molecule is CCCCCCOc1ccc(-c2ccc(CCc3ccc(C)c(F)c3F)cc2)c(F)c1. The summed E-state index contributed by atoms with van der Waals surface area (Å²) in [4.78, 5) is 0. The van der Waals surface area contributed by atoms with Gasteiger partial charge in [-0.25, -0.2) is 13.2 Å². The third kappa shape index (κ3) is 6.13. The first kappa shape index (κ1) is 22.9. The summed E-state index contributed by atoms with van der Waals surface area (Å²) in [7, 11) is 0. The maximum absolute atomic E-state index is 14.6. The van der Waals surface area contributed by atoms with Crippen molar-refractivity contribution in [2.45, 2.75) is 52.4 Å². The molecule has 0 aliphatic carbocycles. The molecule has 0 unspecified atom stereocenters. The molecule has 0 aromatic heterocycles. The molecule has 164 valence electrons. The summed E-state index contributed by atoms with van der Waals surface area (Å²) < 4.78 is 48.0. The second-order valence-corrected chi connectivity index (χ2v) is 7.92. The van der Waals surface area contributed by atoms with Crippen LogP contribution in [-0.2, 0) is 12.8 Å². The molecule has 3 rings (SSSR count). The fourth-order valence-electron chi connectivity index (χ4n) is 3.55. The molecule has 4 heteroatoms. The molecule has 0 atom stereocenters. The van der Waals surface area contributed by atoms with Crippen LogP contribution in [-0.4, -0.2) is 6.61 Å². The molecular weight excluding hydrogens is 397 g/mol. The highest BCUT2D eigenvalue weighted by molar-refractivity contribution is 5.65. The average molecular weight is 427 g/mol. The van der Waals surface area contributed by atoms with Crippen LogP contribution in [0.1, 0.15) is 49.3 Å². The molecule has 0 saturated heterocycles. The van der Waals surface area contributed by atoms with Gasteiger partial charge >= 0.3 is 0 Å². The van der Waals surface area contributed by atoms with Crippen LogP contribution >= 0.6 is 0 Å². The van der Waals surface area contributed by atoms with E-state index in [9.17, 15) is 13.2 Å². The van der Waals surface area contributed by atoms with Crippen molar-refractivity contribution in [1.29, 1.82) is 0 Å². The number of hydrogen-bond donors (Lipinski definition) is 0. The zero-order chi connectivity index (χ0) is 22.2. The Morgan fingerprint density at radius 2 is 1.55 bits per heavy atom. The molecule has 0 amide bonds. The van der Waals surface area contributed by atoms with E-state index in [0.29, 0.717) is 41.9 Å². The van der Waals surface area contributed by atoms with Crippen LogP contribution < -0.4 is 4.74 Å². The quantitative estimate of drug-likeness (QED) is 0.300. The molecule has 0 N–H and O–H groups in total. The second kappa shape index (κ2) is 11.0. The van der Waals surface area contributed by atoms with E-state index in [0.717, 1.165) is 24.0 Å². The van der Waals surface area contributed by atoms with Gasteiger partial charge < -0.3 is 4.74 Å². The minimum atomic E-state index is -0.781. The van der Waals surface area contributed by atoms with Gasteiger partial charge in [-0.15, -0.1) is 0 Å². The number of ether oxygens (including phenoxy) is 1. The van der Waals surface area contributed by atoms with Crippen LogP contribution in [0.3, 0.4) is 0 Å². The molecule has 0 saturated carbocycles. The topological polar surface area (TPSA) is 9.23 Å². The first-order chi connectivity index (χ1) is 15.0. The molecule has 0 aliphatic rings. The highest BCUT2D eigenvalue weighted by atomic mass is 19.2. The molecule has 31 heavy (non-hydrogen) atoms. The number of unbranched alkanes of at least 4 members (excludes halogenated alkanes) is 3. The van der Waals surface area contributed by atoms with Crippen molar-refractivity contribution >= 4 is 0 Å². The Bertz CT molecular complexity index is 996. The van der Waals surface area contributed by atoms with Crippen LogP contribution in [0, 0.1) is 24.4 Å².